The molecule has 0 heterocycles. The molecule has 1 aliphatic carbocycles. The molecule has 2 unspecified atom stereocenters. The zero-order valence-electron chi connectivity index (χ0n) is 26.3. The first-order chi connectivity index (χ1) is 22.0. The van der Waals surface area contributed by atoms with Crippen LogP contribution >= 0.6 is 0 Å². The molecule has 10 N–H and O–H groups in total. The third-order valence-corrected chi connectivity index (χ3v) is 8.27. The second-order valence-corrected chi connectivity index (χ2v) is 11.9. The highest BCUT2D eigenvalue weighted by Crippen LogP contribution is 2.43. The molecule has 13 nitrogen and oxygen atoms in total. The molecule has 0 spiro atoms. The van der Waals surface area contributed by atoms with E-state index in [1.165, 1.54) is 5.56 Å². The van der Waals surface area contributed by atoms with E-state index in [2.05, 4.69) is 38.4 Å². The van der Waals surface area contributed by atoms with Crippen LogP contribution in [0.5, 0.6) is 0 Å². The van der Waals surface area contributed by atoms with Crippen LogP contribution in [0.3, 0.4) is 0 Å². The van der Waals surface area contributed by atoms with Gasteiger partial charge < -0.3 is 38.5 Å². The van der Waals surface area contributed by atoms with Crippen molar-refractivity contribution in [2.75, 3.05) is 19.6 Å². The number of benzene rings is 2. The van der Waals surface area contributed by atoms with E-state index in [1.54, 1.807) is 0 Å². The van der Waals surface area contributed by atoms with E-state index >= 15 is 0 Å². The van der Waals surface area contributed by atoms with Crippen molar-refractivity contribution in [2.24, 2.45) is 27.6 Å². The van der Waals surface area contributed by atoms with Crippen molar-refractivity contribution in [3.63, 3.8) is 0 Å². The molecule has 2 aromatic carbocycles. The fourth-order valence-electron chi connectivity index (χ4n) is 5.52. The number of guanidine groups is 1. The minimum Gasteiger partial charge on any atom is -0.370 e. The lowest BCUT2D eigenvalue weighted by Crippen LogP contribution is -2.57. The second-order valence-electron chi connectivity index (χ2n) is 11.9. The summed E-state index contributed by atoms with van der Waals surface area (Å²) in [6.45, 7) is 1.34. The number of nitrogens with one attached hydrogen (secondary N) is 4. The number of nitrogens with zero attached hydrogens (tertiary/aromatic N) is 1. The molecule has 0 radical (unpaired) electrons. The first-order valence-corrected chi connectivity index (χ1v) is 15.5. The Labute approximate surface area is 269 Å². The van der Waals surface area contributed by atoms with Crippen LogP contribution < -0.4 is 38.5 Å². The van der Waals surface area contributed by atoms with Gasteiger partial charge in [0.25, 0.3) is 0 Å². The van der Waals surface area contributed by atoms with Crippen molar-refractivity contribution in [2.45, 2.75) is 69.9 Å². The lowest BCUT2D eigenvalue weighted by Gasteiger charge is -2.37. The normalized spacial score (nSPS) is 18.7. The number of carbonyl (C=O) groups excluding carboxylic acids is 5. The highest BCUT2D eigenvalue weighted by Gasteiger charge is 2.39. The molecule has 0 aromatic heterocycles. The van der Waals surface area contributed by atoms with Gasteiger partial charge in [0.15, 0.2) is 5.96 Å². The Kier molecular flexibility index (Phi) is 13.5. The van der Waals surface area contributed by atoms with E-state index in [9.17, 15) is 24.0 Å². The number of aliphatic imine (C=N–C) groups is 1. The first kappa shape index (κ1) is 35.5. The van der Waals surface area contributed by atoms with Gasteiger partial charge in [0.05, 0.1) is 13.1 Å². The Morgan fingerprint density at radius 3 is 2.07 bits per heavy atom. The molecule has 2 aromatic rings. The van der Waals surface area contributed by atoms with Crippen LogP contribution in [-0.4, -0.2) is 67.2 Å². The lowest BCUT2D eigenvalue weighted by molar-refractivity contribution is -0.137. The molecular weight excluding hydrogens is 588 g/mol. The van der Waals surface area contributed by atoms with Crippen LogP contribution in [0.4, 0.5) is 0 Å². The van der Waals surface area contributed by atoms with Crippen molar-refractivity contribution in [1.29, 1.82) is 0 Å². The highest BCUT2D eigenvalue weighted by atomic mass is 16.2. The van der Waals surface area contributed by atoms with Crippen molar-refractivity contribution in [1.82, 2.24) is 21.3 Å². The van der Waals surface area contributed by atoms with Crippen LogP contribution in [0.1, 0.15) is 62.5 Å². The van der Waals surface area contributed by atoms with Crippen LogP contribution in [0, 0.1) is 5.41 Å². The fraction of sp³-hybridized carbons (Fsp3) is 0.455. The summed E-state index contributed by atoms with van der Waals surface area (Å²) in [7, 11) is 0. The summed E-state index contributed by atoms with van der Waals surface area (Å²) >= 11 is 0. The van der Waals surface area contributed by atoms with Gasteiger partial charge in [0, 0.05) is 18.4 Å². The number of amides is 5. The van der Waals surface area contributed by atoms with Crippen molar-refractivity contribution < 1.29 is 24.0 Å². The predicted octanol–water partition coefficient (Wildman–Crippen LogP) is 0.334. The van der Waals surface area contributed by atoms with E-state index < -0.39 is 47.7 Å². The number of carbonyl (C=O) groups is 5. The van der Waals surface area contributed by atoms with Gasteiger partial charge in [-0.2, -0.15) is 0 Å². The average molecular weight is 635 g/mol. The van der Waals surface area contributed by atoms with Gasteiger partial charge >= 0.3 is 0 Å². The van der Waals surface area contributed by atoms with E-state index in [1.807, 2.05) is 55.5 Å². The molecular formula is C33H46N8O5. The van der Waals surface area contributed by atoms with Crippen molar-refractivity contribution >= 4 is 35.5 Å². The lowest BCUT2D eigenvalue weighted by atomic mass is 9.69. The maximum absolute atomic E-state index is 13.8. The summed E-state index contributed by atoms with van der Waals surface area (Å²) < 4.78 is 0. The summed E-state index contributed by atoms with van der Waals surface area (Å²) in [5.74, 6) is -2.46. The molecule has 1 saturated carbocycles. The molecule has 2 atom stereocenters. The van der Waals surface area contributed by atoms with Gasteiger partial charge in [-0.1, -0.05) is 67.6 Å². The Hall–Kier alpha value is -4.94. The van der Waals surface area contributed by atoms with E-state index in [-0.39, 0.29) is 37.8 Å². The minimum absolute atomic E-state index is 0.104. The van der Waals surface area contributed by atoms with Crippen molar-refractivity contribution in [3.8, 4) is 0 Å². The number of hydrogen-bond donors (Lipinski definition) is 7. The zero-order chi connectivity index (χ0) is 33.5. The maximum atomic E-state index is 13.8. The van der Waals surface area contributed by atoms with Crippen LogP contribution in [0.25, 0.3) is 0 Å². The van der Waals surface area contributed by atoms with Crippen LogP contribution in [0.2, 0.25) is 0 Å². The maximum Gasteiger partial charge on any atom is 0.243 e. The SMILES string of the molecule is CC1(C(=O)NC(Cc2ccccc2)C(=O)NC(CCCN=C(N)N)C(=O)NCC(=O)NCC(N)=O)CCC(c2ccccc2)CC1. The Balaban J connectivity index is 1.72. The fourth-order valence-corrected chi connectivity index (χ4v) is 5.52. The van der Waals surface area contributed by atoms with E-state index in [4.69, 9.17) is 17.2 Å². The molecule has 46 heavy (non-hydrogen) atoms. The molecule has 248 valence electrons. The Bertz CT molecular complexity index is 1360. The highest BCUT2D eigenvalue weighted by molar-refractivity contribution is 5.94. The molecule has 5 amide bonds. The van der Waals surface area contributed by atoms with E-state index in [0.29, 0.717) is 25.2 Å². The standard InChI is InChI=1S/C33H46N8O5/c1-33(16-14-24(15-17-33)23-11-6-3-7-12-23)31(46)41-26(19-22-9-4-2-5-10-22)30(45)40-25(13-8-18-37-32(35)36)29(44)39-21-28(43)38-20-27(34)42/h2-7,9-12,24-26H,8,13-21H2,1H3,(H2,34,42)(H,38,43)(H,39,44)(H,40,45)(H,41,46)(H4,35,36,37). The largest absolute Gasteiger partial charge is 0.370 e. The monoisotopic (exact) mass is 634 g/mol. The number of nitrogens with two attached hydrogens (primary N) is 3. The molecule has 13 heteroatoms. The topological polar surface area (TPSA) is 224 Å². The van der Waals surface area contributed by atoms with E-state index in [0.717, 1.165) is 18.4 Å². The van der Waals surface area contributed by atoms with Gasteiger partial charge in [-0.05, 0) is 55.6 Å². The van der Waals surface area contributed by atoms with Gasteiger partial charge in [0.1, 0.15) is 12.1 Å². The Morgan fingerprint density at radius 2 is 1.46 bits per heavy atom. The summed E-state index contributed by atoms with van der Waals surface area (Å²) in [6, 6.07) is 17.5. The number of rotatable bonds is 16. The molecule has 0 saturated heterocycles. The minimum atomic E-state index is -1.06. The zero-order valence-corrected chi connectivity index (χ0v) is 26.3. The smallest absolute Gasteiger partial charge is 0.243 e. The first-order valence-electron chi connectivity index (χ1n) is 15.5. The second kappa shape index (κ2) is 17.5. The van der Waals surface area contributed by atoms with Gasteiger partial charge in [0.2, 0.25) is 29.5 Å². The van der Waals surface area contributed by atoms with Gasteiger partial charge in [-0.25, -0.2) is 0 Å². The predicted molar refractivity (Wildman–Crippen MR) is 175 cm³/mol. The summed E-state index contributed by atoms with van der Waals surface area (Å²) in [4.78, 5) is 67.6. The van der Waals surface area contributed by atoms with Crippen molar-refractivity contribution in [3.05, 3.63) is 71.8 Å². The van der Waals surface area contributed by atoms with Crippen LogP contribution in [0.15, 0.2) is 65.7 Å². The quantitative estimate of drug-likeness (QED) is 0.0778. The average Bonchev–Trinajstić information content (AvgIpc) is 3.04. The third-order valence-electron chi connectivity index (χ3n) is 8.27. The number of hydrogen-bond acceptors (Lipinski definition) is 6. The number of primary amides is 1. The summed E-state index contributed by atoms with van der Waals surface area (Å²) in [6.07, 6.45) is 3.77. The molecule has 0 aliphatic heterocycles. The van der Waals surface area contributed by atoms with Gasteiger partial charge in [-0.3, -0.25) is 29.0 Å². The third kappa shape index (κ3) is 11.5. The molecule has 0 bridgehead atoms. The van der Waals surface area contributed by atoms with Gasteiger partial charge in [-0.15, -0.1) is 0 Å². The Morgan fingerprint density at radius 1 is 0.826 bits per heavy atom. The molecule has 1 fully saturated rings. The summed E-state index contributed by atoms with van der Waals surface area (Å²) in [5.41, 5.74) is 17.3. The molecule has 1 aliphatic rings. The molecule has 3 rings (SSSR count). The van der Waals surface area contributed by atoms with Crippen LogP contribution in [-0.2, 0) is 30.4 Å². The summed E-state index contributed by atoms with van der Waals surface area (Å²) in [5, 5.41) is 10.5.